The van der Waals surface area contributed by atoms with Crippen molar-refractivity contribution in [3.05, 3.63) is 55.7 Å². The maximum Gasteiger partial charge on any atom is 0.182 e. The first-order valence-electron chi connectivity index (χ1n) is 7.39. The van der Waals surface area contributed by atoms with Gasteiger partial charge in [-0.25, -0.2) is 29.9 Å². The van der Waals surface area contributed by atoms with Crippen LogP contribution >= 0.6 is 0 Å². The quantitative estimate of drug-likeness (QED) is 0.455. The van der Waals surface area contributed by atoms with E-state index >= 15 is 0 Å². The minimum Gasteiger partial charge on any atom is -0.467 e. The number of rotatable bonds is 3. The largest absolute Gasteiger partial charge is 0.467 e. The minimum atomic E-state index is 0.581. The molecule has 5 heterocycles. The highest BCUT2D eigenvalue weighted by Crippen LogP contribution is 2.15. The summed E-state index contributed by atoms with van der Waals surface area (Å²) in [6.07, 6.45) is 9.48. The summed E-state index contributed by atoms with van der Waals surface area (Å²) in [5.41, 5.74) is 3.04. The topological polar surface area (TPSA) is 134 Å². The van der Waals surface area contributed by atoms with Crippen molar-refractivity contribution in [2.45, 2.75) is 6.54 Å². The number of aromatic amines is 2. The Morgan fingerprint density at radius 2 is 1.84 bits per heavy atom. The molecule has 0 bridgehead atoms. The highest BCUT2D eigenvalue weighted by atomic mass is 16.3. The molecule has 10 nitrogen and oxygen atoms in total. The van der Waals surface area contributed by atoms with Crippen LogP contribution in [0.25, 0.3) is 22.3 Å². The first-order valence-corrected chi connectivity index (χ1v) is 7.39. The normalized spacial score (nSPS) is 10.6. The molecule has 5 rings (SSSR count). The molecule has 5 aromatic rings. The monoisotopic (exact) mass is 335 g/mol. The van der Waals surface area contributed by atoms with Crippen molar-refractivity contribution in [1.82, 2.24) is 39.9 Å². The molecule has 0 aliphatic rings. The van der Waals surface area contributed by atoms with Crippen molar-refractivity contribution in [2.24, 2.45) is 0 Å². The van der Waals surface area contributed by atoms with Crippen LogP contribution in [0.15, 0.2) is 54.3 Å². The van der Waals surface area contributed by atoms with Gasteiger partial charge in [-0.2, -0.15) is 0 Å². The van der Waals surface area contributed by atoms with Gasteiger partial charge in [0.1, 0.15) is 29.4 Å². The number of fused-ring (bicyclic) bond motifs is 2. The van der Waals surface area contributed by atoms with Crippen LogP contribution in [-0.2, 0) is 6.54 Å². The predicted octanol–water partition coefficient (Wildman–Crippen LogP) is 1.91. The summed E-state index contributed by atoms with van der Waals surface area (Å²) >= 11 is 0. The lowest BCUT2D eigenvalue weighted by atomic mass is 10.4. The van der Waals surface area contributed by atoms with Gasteiger partial charge < -0.3 is 19.7 Å². The Balaban J connectivity index is 0.000000147. The Labute approximate surface area is 140 Å². The van der Waals surface area contributed by atoms with E-state index in [0.29, 0.717) is 17.8 Å². The van der Waals surface area contributed by atoms with Gasteiger partial charge in [-0.3, -0.25) is 0 Å². The molecule has 0 atom stereocenters. The molecule has 0 radical (unpaired) electrons. The standard InChI is InChI=1S/C10H9N5O.C5H4N4/c1-2-7(16-3-1)4-11-9-8-10(13-5-12-8)15-6-14-9;1-4-5(8-2-6-1)9-3-7-4/h1-3,5-6H,4H2,(H2,11,12,13,14,15);1-3H,(H,6,7,8,9). The molecular weight excluding hydrogens is 322 g/mol. The van der Waals surface area contributed by atoms with E-state index in [2.05, 4.69) is 45.2 Å². The second-order valence-corrected chi connectivity index (χ2v) is 4.92. The number of nitrogens with zero attached hydrogens (tertiary/aromatic N) is 6. The fourth-order valence-electron chi connectivity index (χ4n) is 2.17. The molecule has 5 aromatic heterocycles. The zero-order valence-corrected chi connectivity index (χ0v) is 12.9. The van der Waals surface area contributed by atoms with Crippen molar-refractivity contribution in [3.63, 3.8) is 0 Å². The smallest absolute Gasteiger partial charge is 0.182 e. The molecule has 0 saturated heterocycles. The lowest BCUT2D eigenvalue weighted by molar-refractivity contribution is 0.518. The van der Waals surface area contributed by atoms with Crippen LogP contribution in [-0.4, -0.2) is 39.9 Å². The van der Waals surface area contributed by atoms with Crippen LogP contribution in [0.3, 0.4) is 0 Å². The number of aromatic nitrogens is 8. The lowest BCUT2D eigenvalue weighted by Crippen LogP contribution is -2.01. The van der Waals surface area contributed by atoms with Gasteiger partial charge in [0.05, 0.1) is 31.7 Å². The van der Waals surface area contributed by atoms with E-state index in [-0.39, 0.29) is 0 Å². The molecule has 0 fully saturated rings. The van der Waals surface area contributed by atoms with Crippen LogP contribution in [0, 0.1) is 0 Å². The first-order chi connectivity index (χ1) is 12.4. The highest BCUT2D eigenvalue weighted by Gasteiger charge is 2.05. The molecule has 10 heteroatoms. The van der Waals surface area contributed by atoms with Crippen molar-refractivity contribution in [2.75, 3.05) is 5.32 Å². The van der Waals surface area contributed by atoms with Gasteiger partial charge in [-0.1, -0.05) is 0 Å². The Hall–Kier alpha value is -3.82. The highest BCUT2D eigenvalue weighted by molar-refractivity contribution is 5.81. The third kappa shape index (κ3) is 3.27. The molecule has 0 spiro atoms. The molecule has 124 valence electrons. The van der Waals surface area contributed by atoms with Crippen LogP contribution in [0.1, 0.15) is 5.76 Å². The van der Waals surface area contributed by atoms with Gasteiger partial charge in [0, 0.05) is 0 Å². The summed E-state index contributed by atoms with van der Waals surface area (Å²) in [6, 6.07) is 3.75. The van der Waals surface area contributed by atoms with Gasteiger partial charge in [0.25, 0.3) is 0 Å². The maximum atomic E-state index is 5.22. The number of anilines is 1. The third-order valence-electron chi connectivity index (χ3n) is 3.33. The zero-order valence-electron chi connectivity index (χ0n) is 12.9. The van der Waals surface area contributed by atoms with E-state index in [1.807, 2.05) is 12.1 Å². The van der Waals surface area contributed by atoms with Crippen molar-refractivity contribution in [3.8, 4) is 0 Å². The molecule has 0 unspecified atom stereocenters. The van der Waals surface area contributed by atoms with Gasteiger partial charge in [-0.05, 0) is 12.1 Å². The number of nitrogens with one attached hydrogen (secondary N) is 3. The molecule has 0 aliphatic carbocycles. The van der Waals surface area contributed by atoms with E-state index in [1.165, 1.54) is 12.7 Å². The molecule has 25 heavy (non-hydrogen) atoms. The number of hydrogen-bond acceptors (Lipinski definition) is 8. The van der Waals surface area contributed by atoms with E-state index in [0.717, 1.165) is 22.6 Å². The second kappa shape index (κ2) is 6.74. The average molecular weight is 335 g/mol. The fraction of sp³-hybridized carbons (Fsp3) is 0.0667. The zero-order chi connectivity index (χ0) is 16.9. The summed E-state index contributed by atoms with van der Waals surface area (Å²) in [5.74, 6) is 1.57. The maximum absolute atomic E-state index is 5.22. The Kier molecular flexibility index (Phi) is 3.98. The van der Waals surface area contributed by atoms with Gasteiger partial charge in [0.15, 0.2) is 17.1 Å². The van der Waals surface area contributed by atoms with Gasteiger partial charge in [0.2, 0.25) is 0 Å². The summed E-state index contributed by atoms with van der Waals surface area (Å²) < 4.78 is 5.22. The second-order valence-electron chi connectivity index (χ2n) is 4.92. The van der Waals surface area contributed by atoms with Crippen LogP contribution in [0.5, 0.6) is 0 Å². The summed E-state index contributed by atoms with van der Waals surface area (Å²) in [5, 5.41) is 3.16. The van der Waals surface area contributed by atoms with Crippen molar-refractivity contribution < 1.29 is 4.42 Å². The summed E-state index contributed by atoms with van der Waals surface area (Å²) in [7, 11) is 0. The average Bonchev–Trinajstić information content (AvgIpc) is 3.41. The summed E-state index contributed by atoms with van der Waals surface area (Å²) in [6.45, 7) is 0.581. The lowest BCUT2D eigenvalue weighted by Gasteiger charge is -2.03. The minimum absolute atomic E-state index is 0.581. The van der Waals surface area contributed by atoms with E-state index in [1.54, 1.807) is 25.1 Å². The SMILES string of the molecule is c1coc(CNc2ncnc3nc[nH]c23)c1.c1ncc2[nH]cnc2n1. The Bertz CT molecular complexity index is 1040. The number of hydrogen-bond donors (Lipinski definition) is 3. The van der Waals surface area contributed by atoms with E-state index < -0.39 is 0 Å². The fourth-order valence-corrected chi connectivity index (χ4v) is 2.17. The molecule has 0 saturated carbocycles. The molecule has 3 N–H and O–H groups in total. The third-order valence-corrected chi connectivity index (χ3v) is 3.33. The predicted molar refractivity (Wildman–Crippen MR) is 89.4 cm³/mol. The molecular formula is C15H13N9O. The van der Waals surface area contributed by atoms with Crippen LogP contribution < -0.4 is 5.32 Å². The van der Waals surface area contributed by atoms with Crippen molar-refractivity contribution >= 4 is 28.1 Å². The van der Waals surface area contributed by atoms with Gasteiger partial charge >= 0.3 is 0 Å². The van der Waals surface area contributed by atoms with E-state index in [4.69, 9.17) is 4.42 Å². The molecule has 0 aromatic carbocycles. The first kappa shape index (κ1) is 14.8. The van der Waals surface area contributed by atoms with Crippen LogP contribution in [0.2, 0.25) is 0 Å². The molecule has 0 amide bonds. The van der Waals surface area contributed by atoms with E-state index in [9.17, 15) is 0 Å². The van der Waals surface area contributed by atoms with Crippen LogP contribution in [0.4, 0.5) is 5.82 Å². The number of imidazole rings is 2. The summed E-state index contributed by atoms with van der Waals surface area (Å²) in [4.78, 5) is 29.7. The van der Waals surface area contributed by atoms with Crippen molar-refractivity contribution in [1.29, 1.82) is 0 Å². The molecule has 0 aliphatic heterocycles. The Morgan fingerprint density at radius 1 is 0.960 bits per heavy atom. The van der Waals surface area contributed by atoms with Gasteiger partial charge in [-0.15, -0.1) is 0 Å². The number of H-pyrrole nitrogens is 2. The Morgan fingerprint density at radius 3 is 2.72 bits per heavy atom. The number of furan rings is 1.